The molecule has 6 aliphatic heterocycles. The van der Waals surface area contributed by atoms with Gasteiger partial charge in [0.1, 0.15) is 0 Å². The third-order valence-corrected chi connectivity index (χ3v) is 21.7. The molecule has 15 heterocycles. The first-order chi connectivity index (χ1) is 54.3. The molecule has 0 fully saturated rings. The number of fused-ring (bicyclic) bond motifs is 24. The average Bonchev–Trinajstić information content (AvgIpc) is 1.64. The van der Waals surface area contributed by atoms with Crippen molar-refractivity contribution >= 4 is 204 Å². The summed E-state index contributed by atoms with van der Waals surface area (Å²) in [7, 11) is 0. The van der Waals surface area contributed by atoms with E-state index in [1.54, 1.807) is 0 Å². The number of nitrogens with one attached hydrogen (secondary N) is 6. The molecule has 6 N–H and O–H groups in total. The van der Waals surface area contributed by atoms with E-state index in [0.29, 0.717) is 34.2 Å². The smallest absolute Gasteiger partial charge is 0.550 e. The number of aliphatic carboxylic acids is 6. The van der Waals surface area contributed by atoms with Crippen LogP contribution in [0.1, 0.15) is 220 Å². The Balaban J connectivity index is 0.000000170. The Kier molecular flexibility index (Phi) is 25.7. The number of H-pyrrole nitrogens is 6. The molecule has 9 aromatic rings. The van der Waals surface area contributed by atoms with Gasteiger partial charge in [-0.3, -0.25) is 0 Å². The van der Waals surface area contributed by atoms with Crippen LogP contribution in [0, 0.1) is 41.5 Å². The molecule has 0 atom stereocenters. The second-order valence-electron chi connectivity index (χ2n) is 29.8. The summed E-state index contributed by atoms with van der Waals surface area (Å²) in [6, 6.07) is 35.8. The van der Waals surface area contributed by atoms with Crippen molar-refractivity contribution in [2.45, 2.75) is 160 Å². The summed E-state index contributed by atoms with van der Waals surface area (Å²) in [5.41, 5.74) is 35.8. The van der Waals surface area contributed by atoms with Crippen LogP contribution in [0.3, 0.4) is 0 Å². The molecule has 26 heteroatoms. The standard InChI is InChI=1S/3C30H30N4O4.2Al/c3*1-15-9-20-12-25-17(3)21(5-7-29(35)36)27(33-25)14-28-22(6-8-30(37)38)18(4)26(34-28)13-24-16(2)10-19(32-24)11-23(15)31-20;;/h3*9-14,31-32H,5-8H2,1-4H3,(H,35,36)(H,37,38);;/q;;;2*+3/p-6. The summed E-state index contributed by atoms with van der Waals surface area (Å²) in [5, 5.41) is 67.8. The molecule has 0 radical (unpaired) electrons. The largest absolute Gasteiger partial charge is 3.00 e. The fourth-order valence-electron chi connectivity index (χ4n) is 15.3. The van der Waals surface area contributed by atoms with E-state index in [1.165, 1.54) is 0 Å². The van der Waals surface area contributed by atoms with E-state index >= 15 is 0 Å². The number of aryl methyl sites for hydroxylation is 6. The molecule has 6 aliphatic rings. The van der Waals surface area contributed by atoms with Crippen LogP contribution >= 0.6 is 0 Å². The van der Waals surface area contributed by atoms with E-state index < -0.39 is 35.8 Å². The number of carboxylic acids is 6. The summed E-state index contributed by atoms with van der Waals surface area (Å²) in [4.78, 5) is 118. The van der Waals surface area contributed by atoms with Gasteiger partial charge in [-0.25, -0.2) is 29.9 Å². The minimum Gasteiger partial charge on any atom is -0.550 e. The first-order valence-corrected chi connectivity index (χ1v) is 37.8. The maximum Gasteiger partial charge on any atom is 3.00 e. The van der Waals surface area contributed by atoms with Gasteiger partial charge in [-0.1, -0.05) is 0 Å². The molecule has 0 spiro atoms. The number of nitrogens with zero attached hydrogens (tertiary/aromatic N) is 6. The Morgan fingerprint density at radius 2 is 0.362 bits per heavy atom. The zero-order valence-electron chi connectivity index (χ0n) is 66.6. The molecule has 15 rings (SSSR count). The molecule has 0 aliphatic carbocycles. The summed E-state index contributed by atoms with van der Waals surface area (Å²) >= 11 is 0. The number of carbonyl (C=O) groups is 6. The fraction of sp³-hybridized carbons (Fsp3) is 0.267. The van der Waals surface area contributed by atoms with Gasteiger partial charge in [0, 0.05) is 102 Å². The monoisotopic (exact) mass is 1580 g/mol. The Morgan fingerprint density at radius 3 is 0.526 bits per heavy atom. The normalized spacial score (nSPS) is 13.1. The van der Waals surface area contributed by atoms with Crippen LogP contribution in [0.25, 0.3) is 133 Å². The average molecular weight is 1580 g/mol. The van der Waals surface area contributed by atoms with Crippen molar-refractivity contribution in [1.29, 1.82) is 0 Å². The van der Waals surface area contributed by atoms with E-state index in [2.05, 4.69) is 84.5 Å². The van der Waals surface area contributed by atoms with E-state index in [4.69, 9.17) is 29.9 Å². The molecule has 0 amide bonds. The quantitative estimate of drug-likeness (QED) is 0.0435. The van der Waals surface area contributed by atoms with Crippen LogP contribution in [0.5, 0.6) is 0 Å². The van der Waals surface area contributed by atoms with Crippen molar-refractivity contribution in [2.24, 2.45) is 0 Å². The predicted molar refractivity (Wildman–Crippen MR) is 443 cm³/mol. The second kappa shape index (κ2) is 35.2. The summed E-state index contributed by atoms with van der Waals surface area (Å²) < 4.78 is 0. The van der Waals surface area contributed by atoms with Crippen LogP contribution in [0.2, 0.25) is 0 Å². The maximum atomic E-state index is 11.3. The van der Waals surface area contributed by atoms with Crippen LogP contribution in [0.4, 0.5) is 0 Å². The van der Waals surface area contributed by atoms with Crippen LogP contribution in [0.15, 0.2) is 109 Å². The van der Waals surface area contributed by atoms with E-state index in [9.17, 15) is 59.4 Å². The molecule has 0 unspecified atom stereocenters. The summed E-state index contributed by atoms with van der Waals surface area (Å²) in [6.07, 6.45) is 0.789. The molecule has 0 aromatic carbocycles. The van der Waals surface area contributed by atoms with Crippen molar-refractivity contribution < 1.29 is 59.4 Å². The zero-order chi connectivity index (χ0) is 81.4. The maximum absolute atomic E-state index is 11.3. The van der Waals surface area contributed by atoms with Crippen molar-refractivity contribution in [2.75, 3.05) is 0 Å². The third-order valence-electron chi connectivity index (χ3n) is 21.7. The molecule has 24 bridgehead atoms. The SMILES string of the molecule is CC1=C(CCC(=O)[O-])c2cc3nc(cc4[nH]c(cc4C)cc4[nH]c(cc1n2)cc4C)C(C)=C3CCC(=O)[O-].CC1=C(CCC(=O)[O-])c2cc3nc(cc4[nH]c(cc4C)cc4[nH]c(cc1n2)cc4C)C(C)=C3CCC(=O)[O-].CC1=C(CCC(=O)[O-])c2cc3nc(cc4[nH]c(cc4C)cc4[nH]c(cc1n2)cc4C)C(C)=C3CCC(=O)[O-].[Al+3].[Al+3]. The number of hydrogen-bond acceptors (Lipinski definition) is 18. The molecule has 9 aromatic heterocycles. The number of aromatic amines is 6. The third kappa shape index (κ3) is 18.9. The molecule has 116 heavy (non-hydrogen) atoms. The first-order valence-electron chi connectivity index (χ1n) is 37.8. The summed E-state index contributed by atoms with van der Waals surface area (Å²) in [5.74, 6) is -6.78. The van der Waals surface area contributed by atoms with Gasteiger partial charge in [0.2, 0.25) is 0 Å². The Bertz CT molecular complexity index is 5780. The van der Waals surface area contributed by atoms with Gasteiger partial charge in [0.25, 0.3) is 0 Å². The van der Waals surface area contributed by atoms with Gasteiger partial charge in [-0.2, -0.15) is 0 Å². The molecule has 582 valence electrons. The number of allylic oxidation sites excluding steroid dienone is 12. The van der Waals surface area contributed by atoms with E-state index in [0.717, 1.165) is 201 Å². The first kappa shape index (κ1) is 84.6. The Morgan fingerprint density at radius 1 is 0.216 bits per heavy atom. The fourth-order valence-corrected chi connectivity index (χ4v) is 15.3. The minimum atomic E-state index is -1.13. The summed E-state index contributed by atoms with van der Waals surface area (Å²) in [6.45, 7) is 23.8. The van der Waals surface area contributed by atoms with E-state index in [1.807, 2.05) is 138 Å². The second-order valence-corrected chi connectivity index (χ2v) is 29.8. The van der Waals surface area contributed by atoms with Gasteiger partial charge >= 0.3 is 34.7 Å². The number of hydrogen-bond donors (Lipinski definition) is 6. The van der Waals surface area contributed by atoms with Gasteiger partial charge in [-0.05, 0) is 370 Å². The molecule has 24 nitrogen and oxygen atoms in total. The van der Waals surface area contributed by atoms with Crippen molar-refractivity contribution in [3.05, 3.63) is 211 Å². The van der Waals surface area contributed by atoms with Gasteiger partial charge in [0.05, 0.1) is 68.3 Å². The molecular formula is C90H84Al2N12O12. The number of rotatable bonds is 18. The molecule has 0 saturated heterocycles. The Labute approximate surface area is 689 Å². The zero-order valence-corrected chi connectivity index (χ0v) is 68.9. The van der Waals surface area contributed by atoms with Crippen molar-refractivity contribution in [3.8, 4) is 0 Å². The number of carbonyl (C=O) groups excluding carboxylic acids is 6. The van der Waals surface area contributed by atoms with Crippen molar-refractivity contribution in [1.82, 2.24) is 59.8 Å². The van der Waals surface area contributed by atoms with Crippen LogP contribution < -0.4 is 30.6 Å². The number of carboxylic acid groups (broad SMARTS) is 6. The molecule has 0 saturated carbocycles. The Hall–Kier alpha value is -12.3. The predicted octanol–water partition coefficient (Wildman–Crippen LogP) is 10.8. The number of aromatic nitrogens is 12. The molecular weight excluding hydrogens is 1500 g/mol. The topological polar surface area (TPSA) is 413 Å². The van der Waals surface area contributed by atoms with Crippen molar-refractivity contribution in [3.63, 3.8) is 0 Å². The minimum absolute atomic E-state index is 0. The van der Waals surface area contributed by atoms with Crippen LogP contribution in [-0.2, 0) is 28.8 Å². The van der Waals surface area contributed by atoms with Gasteiger partial charge in [-0.15, -0.1) is 0 Å². The van der Waals surface area contributed by atoms with Crippen LogP contribution in [-0.4, -0.2) is 130 Å². The van der Waals surface area contributed by atoms with Gasteiger partial charge in [0.15, 0.2) is 0 Å². The van der Waals surface area contributed by atoms with Gasteiger partial charge < -0.3 is 89.3 Å². The van der Waals surface area contributed by atoms with E-state index in [-0.39, 0.29) is 112 Å².